The predicted octanol–water partition coefficient (Wildman–Crippen LogP) is 0.843. The van der Waals surface area contributed by atoms with Gasteiger partial charge in [-0.15, -0.1) is 12.4 Å². The number of fused-ring (bicyclic) bond motifs is 1. The highest BCUT2D eigenvalue weighted by molar-refractivity contribution is 7.89. The summed E-state index contributed by atoms with van der Waals surface area (Å²) >= 11 is 0. The van der Waals surface area contributed by atoms with Crippen LogP contribution in [-0.4, -0.2) is 32.9 Å². The van der Waals surface area contributed by atoms with Crippen molar-refractivity contribution in [2.24, 2.45) is 5.14 Å². The van der Waals surface area contributed by atoms with Crippen molar-refractivity contribution in [1.82, 2.24) is 5.32 Å². The number of primary sulfonamides is 1. The molecule has 0 aromatic heterocycles. The highest BCUT2D eigenvalue weighted by Crippen LogP contribution is 2.38. The topological polar surface area (TPSA) is 98.5 Å². The third-order valence-electron chi connectivity index (χ3n) is 3.90. The van der Waals surface area contributed by atoms with Crippen molar-refractivity contribution in [3.8, 4) is 5.75 Å². The van der Waals surface area contributed by atoms with E-state index in [1.165, 1.54) is 18.2 Å². The largest absolute Gasteiger partial charge is 0.486 e. The molecule has 0 saturated carbocycles. The normalized spacial score (nSPS) is 20.3. The van der Waals surface area contributed by atoms with Crippen LogP contribution in [0.1, 0.15) is 29.6 Å². The molecule has 6 nitrogen and oxygen atoms in total. The summed E-state index contributed by atoms with van der Waals surface area (Å²) in [5, 5.41) is 8.32. The van der Waals surface area contributed by atoms with Crippen LogP contribution in [0.3, 0.4) is 0 Å². The Morgan fingerprint density at radius 3 is 2.52 bits per heavy atom. The maximum absolute atomic E-state index is 12.3. The Hall–Kier alpha value is -1.15. The van der Waals surface area contributed by atoms with Gasteiger partial charge in [0, 0.05) is 12.8 Å². The van der Waals surface area contributed by atoms with Crippen LogP contribution in [-0.2, 0) is 10.0 Å². The number of hydrogen-bond acceptors (Lipinski definition) is 5. The number of Topliss-reactive ketones (excluding diaryl/α,β-unsaturated/α-hetero) is 1. The molecule has 1 fully saturated rings. The summed E-state index contributed by atoms with van der Waals surface area (Å²) < 4.78 is 28.7. The quantitative estimate of drug-likeness (QED) is 0.794. The van der Waals surface area contributed by atoms with Crippen molar-refractivity contribution in [1.29, 1.82) is 0 Å². The lowest BCUT2D eigenvalue weighted by Gasteiger charge is -2.40. The summed E-state index contributed by atoms with van der Waals surface area (Å²) in [6, 6.07) is 4.21. The number of piperidine rings is 1. The molecule has 0 aliphatic carbocycles. The Bertz CT molecular complexity index is 669. The molecule has 0 radical (unpaired) electrons. The molecular weight excluding hydrogens is 316 g/mol. The van der Waals surface area contributed by atoms with Crippen LogP contribution >= 0.6 is 12.4 Å². The van der Waals surface area contributed by atoms with Gasteiger partial charge in [-0.25, -0.2) is 13.6 Å². The third-order valence-corrected chi connectivity index (χ3v) is 4.81. The van der Waals surface area contributed by atoms with Gasteiger partial charge in [-0.1, -0.05) is 0 Å². The summed E-state index contributed by atoms with van der Waals surface area (Å²) in [6.07, 6.45) is 1.83. The van der Waals surface area contributed by atoms with E-state index >= 15 is 0 Å². The van der Waals surface area contributed by atoms with E-state index in [1.54, 1.807) is 0 Å². The molecule has 1 aromatic carbocycles. The first kappa shape index (κ1) is 16.2. The summed E-state index contributed by atoms with van der Waals surface area (Å²) in [5.41, 5.74) is -0.140. The second kappa shape index (κ2) is 5.57. The SMILES string of the molecule is Cl.NS(=O)(=O)c1ccc2c(c1)C(=O)CC1(CCNCC1)O2. The average Bonchev–Trinajstić information content (AvgIpc) is 2.38. The van der Waals surface area contributed by atoms with Gasteiger partial charge in [0.1, 0.15) is 11.4 Å². The van der Waals surface area contributed by atoms with Crippen molar-refractivity contribution in [2.45, 2.75) is 29.8 Å². The molecule has 1 saturated heterocycles. The molecule has 3 N–H and O–H groups in total. The van der Waals surface area contributed by atoms with E-state index in [0.717, 1.165) is 25.9 Å². The second-order valence-electron chi connectivity index (χ2n) is 5.34. The zero-order valence-corrected chi connectivity index (χ0v) is 12.9. The van der Waals surface area contributed by atoms with Crippen molar-refractivity contribution in [3.05, 3.63) is 23.8 Å². The summed E-state index contributed by atoms with van der Waals surface area (Å²) in [6.45, 7) is 1.63. The lowest BCUT2D eigenvalue weighted by atomic mass is 9.83. The monoisotopic (exact) mass is 332 g/mol. The highest BCUT2D eigenvalue weighted by atomic mass is 35.5. The minimum atomic E-state index is -3.81. The van der Waals surface area contributed by atoms with Gasteiger partial charge in [0.15, 0.2) is 5.78 Å². The number of sulfonamides is 1. The Kier molecular flexibility index (Phi) is 4.30. The van der Waals surface area contributed by atoms with Gasteiger partial charge >= 0.3 is 0 Å². The second-order valence-corrected chi connectivity index (χ2v) is 6.90. The number of hydrogen-bond donors (Lipinski definition) is 2. The van der Waals surface area contributed by atoms with Gasteiger partial charge < -0.3 is 10.1 Å². The molecular formula is C13H17ClN2O4S. The fourth-order valence-corrected chi connectivity index (χ4v) is 3.35. The Morgan fingerprint density at radius 1 is 1.24 bits per heavy atom. The average molecular weight is 333 g/mol. The summed E-state index contributed by atoms with van der Waals surface area (Å²) in [4.78, 5) is 12.2. The van der Waals surface area contributed by atoms with Crippen LogP contribution in [0, 0.1) is 0 Å². The van der Waals surface area contributed by atoms with Gasteiger partial charge in [0.25, 0.3) is 0 Å². The Labute approximate surface area is 129 Å². The zero-order chi connectivity index (χ0) is 14.4. The number of ether oxygens (including phenoxy) is 1. The van der Waals surface area contributed by atoms with Gasteiger partial charge in [-0.05, 0) is 31.3 Å². The van der Waals surface area contributed by atoms with Crippen LogP contribution in [0.15, 0.2) is 23.1 Å². The molecule has 0 unspecified atom stereocenters. The smallest absolute Gasteiger partial charge is 0.238 e. The van der Waals surface area contributed by atoms with Crippen LogP contribution in [0.2, 0.25) is 0 Å². The van der Waals surface area contributed by atoms with E-state index in [2.05, 4.69) is 5.32 Å². The van der Waals surface area contributed by atoms with Crippen LogP contribution < -0.4 is 15.2 Å². The van der Waals surface area contributed by atoms with E-state index in [1.807, 2.05) is 0 Å². The van der Waals surface area contributed by atoms with E-state index < -0.39 is 15.6 Å². The van der Waals surface area contributed by atoms with Crippen molar-refractivity contribution in [3.63, 3.8) is 0 Å². The molecule has 0 atom stereocenters. The number of carbonyl (C=O) groups excluding carboxylic acids is 1. The molecule has 8 heteroatoms. The predicted molar refractivity (Wildman–Crippen MR) is 79.5 cm³/mol. The first-order chi connectivity index (χ1) is 9.40. The summed E-state index contributed by atoms with van der Waals surface area (Å²) in [7, 11) is -3.81. The maximum atomic E-state index is 12.3. The molecule has 21 heavy (non-hydrogen) atoms. The van der Waals surface area contributed by atoms with E-state index in [-0.39, 0.29) is 29.5 Å². The number of carbonyl (C=O) groups is 1. The zero-order valence-electron chi connectivity index (χ0n) is 11.3. The number of nitrogens with two attached hydrogens (primary N) is 1. The van der Waals surface area contributed by atoms with Gasteiger partial charge in [-0.2, -0.15) is 0 Å². The van der Waals surface area contributed by atoms with Crippen molar-refractivity contribution < 1.29 is 17.9 Å². The molecule has 3 rings (SSSR count). The molecule has 2 aliphatic heterocycles. The summed E-state index contributed by atoms with van der Waals surface area (Å²) in [5.74, 6) is 0.370. The maximum Gasteiger partial charge on any atom is 0.238 e. The molecule has 1 aromatic rings. The molecule has 1 spiro atoms. The molecule has 116 valence electrons. The van der Waals surface area contributed by atoms with E-state index in [4.69, 9.17) is 9.88 Å². The molecule has 2 aliphatic rings. The number of ketones is 1. The van der Waals surface area contributed by atoms with Gasteiger partial charge in [0.2, 0.25) is 10.0 Å². The van der Waals surface area contributed by atoms with Gasteiger partial charge in [0.05, 0.1) is 16.9 Å². The molecule has 2 heterocycles. The van der Waals surface area contributed by atoms with Gasteiger partial charge in [-0.3, -0.25) is 4.79 Å². The minimum absolute atomic E-state index is 0. The standard InChI is InChI=1S/C13H16N2O4S.ClH/c14-20(17,18)9-1-2-12-10(7-9)11(16)8-13(19-12)3-5-15-6-4-13;/h1-2,7,15H,3-6,8H2,(H2,14,17,18);1H. The number of nitrogens with one attached hydrogen (secondary N) is 1. The lowest BCUT2D eigenvalue weighted by Crippen LogP contribution is -2.49. The molecule has 0 bridgehead atoms. The first-order valence-electron chi connectivity index (χ1n) is 6.49. The highest BCUT2D eigenvalue weighted by Gasteiger charge is 2.41. The molecule has 0 amide bonds. The van der Waals surface area contributed by atoms with Crippen LogP contribution in [0.4, 0.5) is 0 Å². The Morgan fingerprint density at radius 2 is 1.90 bits per heavy atom. The van der Waals surface area contributed by atoms with Crippen molar-refractivity contribution in [2.75, 3.05) is 13.1 Å². The number of benzene rings is 1. The third kappa shape index (κ3) is 3.06. The first-order valence-corrected chi connectivity index (χ1v) is 8.04. The minimum Gasteiger partial charge on any atom is -0.486 e. The van der Waals surface area contributed by atoms with E-state index in [9.17, 15) is 13.2 Å². The van der Waals surface area contributed by atoms with Crippen LogP contribution in [0.25, 0.3) is 0 Å². The fourth-order valence-electron chi connectivity index (χ4n) is 2.81. The van der Waals surface area contributed by atoms with Crippen LogP contribution in [0.5, 0.6) is 5.75 Å². The van der Waals surface area contributed by atoms with E-state index in [0.29, 0.717) is 11.3 Å². The Balaban J connectivity index is 0.00000161. The lowest BCUT2D eigenvalue weighted by molar-refractivity contribution is 0.0187. The van der Waals surface area contributed by atoms with Crippen molar-refractivity contribution >= 4 is 28.2 Å². The number of halogens is 1. The number of rotatable bonds is 1. The fraction of sp³-hybridized carbons (Fsp3) is 0.462.